The maximum atomic E-state index is 12.0. The van der Waals surface area contributed by atoms with Gasteiger partial charge >= 0.3 is 0 Å². The number of ketones is 1. The van der Waals surface area contributed by atoms with Crippen molar-refractivity contribution in [2.75, 3.05) is 5.73 Å². The van der Waals surface area contributed by atoms with Crippen molar-refractivity contribution in [1.29, 1.82) is 0 Å². The first-order chi connectivity index (χ1) is 8.08. The minimum atomic E-state index is 0.106. The van der Waals surface area contributed by atoms with Crippen molar-refractivity contribution in [2.45, 2.75) is 19.8 Å². The minimum Gasteiger partial charge on any atom is -0.397 e. The van der Waals surface area contributed by atoms with Gasteiger partial charge in [0.05, 0.1) is 28.5 Å². The van der Waals surface area contributed by atoms with Gasteiger partial charge in [0.25, 0.3) is 0 Å². The Balaban J connectivity index is 2.36. The average molecular weight is 230 g/mol. The van der Waals surface area contributed by atoms with E-state index >= 15 is 0 Å². The highest BCUT2D eigenvalue weighted by Crippen LogP contribution is 2.32. The Kier molecular flexibility index (Phi) is 1.98. The molecule has 0 fully saturated rings. The molecule has 5 nitrogen and oxygen atoms in total. The third-order valence-electron chi connectivity index (χ3n) is 3.35. The zero-order chi connectivity index (χ0) is 12.2. The van der Waals surface area contributed by atoms with E-state index in [1.807, 2.05) is 7.05 Å². The van der Waals surface area contributed by atoms with Gasteiger partial charge in [0, 0.05) is 13.5 Å². The van der Waals surface area contributed by atoms with Gasteiger partial charge in [-0.15, -0.1) is 0 Å². The van der Waals surface area contributed by atoms with Crippen LogP contribution in [0.2, 0.25) is 0 Å². The predicted octanol–water partition coefficient (Wildman–Crippen LogP) is 1.32. The summed E-state index contributed by atoms with van der Waals surface area (Å²) in [6.45, 7) is 2.06. The van der Waals surface area contributed by atoms with Crippen LogP contribution in [-0.4, -0.2) is 20.5 Å². The van der Waals surface area contributed by atoms with Gasteiger partial charge in [-0.25, -0.2) is 4.98 Å². The number of aryl methyl sites for hydroxylation is 1. The summed E-state index contributed by atoms with van der Waals surface area (Å²) >= 11 is 0. The molecule has 0 bridgehead atoms. The van der Waals surface area contributed by atoms with E-state index in [1.54, 1.807) is 10.9 Å². The first-order valence-corrected chi connectivity index (χ1v) is 5.71. The second kappa shape index (κ2) is 3.29. The van der Waals surface area contributed by atoms with Gasteiger partial charge in [-0.1, -0.05) is 6.92 Å². The standard InChI is InChI=1S/C12H14N4O/c1-6-3-8-10(9(17)4-6)11(13)7-5-14-16(2)12(7)15-8/h5-6H,3-4H2,1-2H3,(H2,13,15)/t6-/m1/s1. The van der Waals surface area contributed by atoms with E-state index in [0.29, 0.717) is 23.6 Å². The van der Waals surface area contributed by atoms with E-state index in [1.165, 1.54) is 0 Å². The third kappa shape index (κ3) is 1.35. The van der Waals surface area contributed by atoms with Gasteiger partial charge in [0.2, 0.25) is 0 Å². The van der Waals surface area contributed by atoms with Crippen LogP contribution in [0.3, 0.4) is 0 Å². The maximum Gasteiger partial charge on any atom is 0.167 e. The van der Waals surface area contributed by atoms with Gasteiger partial charge in [-0.3, -0.25) is 9.48 Å². The second-order valence-electron chi connectivity index (χ2n) is 4.79. The summed E-state index contributed by atoms with van der Waals surface area (Å²) < 4.78 is 1.69. The molecule has 1 aliphatic rings. The van der Waals surface area contributed by atoms with Crippen molar-refractivity contribution in [3.63, 3.8) is 0 Å². The lowest BCUT2D eigenvalue weighted by Crippen LogP contribution is -2.21. The summed E-state index contributed by atoms with van der Waals surface area (Å²) in [5, 5.41) is 4.91. The molecule has 0 radical (unpaired) electrons. The number of Topliss-reactive ketones (excluding diaryl/α,β-unsaturated/α-hetero) is 1. The van der Waals surface area contributed by atoms with Crippen LogP contribution >= 0.6 is 0 Å². The van der Waals surface area contributed by atoms with Crippen LogP contribution in [0.15, 0.2) is 6.20 Å². The summed E-state index contributed by atoms with van der Waals surface area (Å²) in [6, 6.07) is 0. The molecule has 2 N–H and O–H groups in total. The number of rotatable bonds is 0. The number of aromatic nitrogens is 3. The zero-order valence-electron chi connectivity index (χ0n) is 9.90. The summed E-state index contributed by atoms with van der Waals surface area (Å²) in [7, 11) is 1.83. The highest BCUT2D eigenvalue weighted by molar-refractivity contribution is 6.08. The summed E-state index contributed by atoms with van der Waals surface area (Å²) in [4.78, 5) is 16.6. The van der Waals surface area contributed by atoms with E-state index in [-0.39, 0.29) is 5.78 Å². The molecule has 0 unspecified atom stereocenters. The quantitative estimate of drug-likeness (QED) is 0.740. The van der Waals surface area contributed by atoms with E-state index < -0.39 is 0 Å². The van der Waals surface area contributed by atoms with Crippen molar-refractivity contribution in [3.8, 4) is 0 Å². The molecule has 0 amide bonds. The molecule has 2 aromatic heterocycles. The fourth-order valence-electron chi connectivity index (χ4n) is 2.51. The van der Waals surface area contributed by atoms with Gasteiger partial charge in [0.15, 0.2) is 11.4 Å². The lowest BCUT2D eigenvalue weighted by Gasteiger charge is -2.21. The molecule has 0 saturated heterocycles. The largest absolute Gasteiger partial charge is 0.397 e. The molecule has 2 heterocycles. The Hall–Kier alpha value is -1.91. The number of nitrogens with zero attached hydrogens (tertiary/aromatic N) is 3. The van der Waals surface area contributed by atoms with E-state index in [0.717, 1.165) is 23.1 Å². The lowest BCUT2D eigenvalue weighted by atomic mass is 9.86. The first kappa shape index (κ1) is 10.3. The van der Waals surface area contributed by atoms with Crippen LogP contribution < -0.4 is 5.73 Å². The van der Waals surface area contributed by atoms with Crippen LogP contribution in [0.1, 0.15) is 29.4 Å². The molecule has 3 rings (SSSR count). The van der Waals surface area contributed by atoms with Crippen LogP contribution in [0.25, 0.3) is 11.0 Å². The SMILES string of the molecule is C[C@H]1CC(=O)c2c(nc3c(cnn3C)c2N)C1. The molecule has 17 heavy (non-hydrogen) atoms. The molecule has 5 heteroatoms. The van der Waals surface area contributed by atoms with Crippen molar-refractivity contribution < 1.29 is 4.79 Å². The molecule has 2 aromatic rings. The Morgan fingerprint density at radius 2 is 2.24 bits per heavy atom. The van der Waals surface area contributed by atoms with E-state index in [2.05, 4.69) is 17.0 Å². The van der Waals surface area contributed by atoms with Crippen LogP contribution in [-0.2, 0) is 13.5 Å². The van der Waals surface area contributed by atoms with Crippen molar-refractivity contribution >= 4 is 22.5 Å². The number of hydrogen-bond donors (Lipinski definition) is 1. The number of carbonyl (C=O) groups excluding carboxylic acids is 1. The van der Waals surface area contributed by atoms with Gasteiger partial charge in [0.1, 0.15) is 0 Å². The van der Waals surface area contributed by atoms with Gasteiger partial charge in [-0.2, -0.15) is 5.10 Å². The van der Waals surface area contributed by atoms with Crippen LogP contribution in [0.4, 0.5) is 5.69 Å². The Morgan fingerprint density at radius 1 is 1.47 bits per heavy atom. The molecule has 1 atom stereocenters. The molecule has 0 aliphatic heterocycles. The number of fused-ring (bicyclic) bond motifs is 2. The summed E-state index contributed by atoms with van der Waals surface area (Å²) in [6.07, 6.45) is 3.04. The molecule has 0 saturated carbocycles. The van der Waals surface area contributed by atoms with E-state index in [9.17, 15) is 4.79 Å². The lowest BCUT2D eigenvalue weighted by molar-refractivity contribution is 0.0953. The topological polar surface area (TPSA) is 73.8 Å². The number of carbonyl (C=O) groups is 1. The Labute approximate surface area is 98.6 Å². The number of anilines is 1. The first-order valence-electron chi connectivity index (χ1n) is 5.71. The highest BCUT2D eigenvalue weighted by Gasteiger charge is 2.27. The molecular weight excluding hydrogens is 216 g/mol. The van der Waals surface area contributed by atoms with Crippen LogP contribution in [0.5, 0.6) is 0 Å². The predicted molar refractivity (Wildman–Crippen MR) is 64.7 cm³/mol. The van der Waals surface area contributed by atoms with Crippen molar-refractivity contribution in [2.24, 2.45) is 13.0 Å². The summed E-state index contributed by atoms with van der Waals surface area (Å²) in [5.41, 5.74) is 8.80. The monoisotopic (exact) mass is 230 g/mol. The molecule has 88 valence electrons. The summed E-state index contributed by atoms with van der Waals surface area (Å²) in [5.74, 6) is 0.446. The normalized spacial score (nSPS) is 19.6. The second-order valence-corrected chi connectivity index (χ2v) is 4.79. The molecule has 0 aromatic carbocycles. The van der Waals surface area contributed by atoms with E-state index in [4.69, 9.17) is 5.73 Å². The highest BCUT2D eigenvalue weighted by atomic mass is 16.1. The van der Waals surface area contributed by atoms with Crippen molar-refractivity contribution in [1.82, 2.24) is 14.8 Å². The molecular formula is C12H14N4O. The molecule has 1 aliphatic carbocycles. The average Bonchev–Trinajstić information content (AvgIpc) is 2.60. The molecule has 0 spiro atoms. The Bertz CT molecular complexity index is 629. The smallest absolute Gasteiger partial charge is 0.167 e. The van der Waals surface area contributed by atoms with Gasteiger partial charge in [-0.05, 0) is 12.3 Å². The minimum absolute atomic E-state index is 0.106. The number of nitrogen functional groups attached to an aromatic ring is 1. The van der Waals surface area contributed by atoms with Crippen LogP contribution in [0, 0.1) is 5.92 Å². The number of pyridine rings is 1. The van der Waals surface area contributed by atoms with Gasteiger partial charge < -0.3 is 5.73 Å². The zero-order valence-corrected chi connectivity index (χ0v) is 9.90. The number of hydrogen-bond acceptors (Lipinski definition) is 4. The number of nitrogens with two attached hydrogens (primary N) is 1. The maximum absolute atomic E-state index is 12.0. The van der Waals surface area contributed by atoms with Crippen molar-refractivity contribution in [3.05, 3.63) is 17.5 Å². The fraction of sp³-hybridized carbons (Fsp3) is 0.417. The fourth-order valence-corrected chi connectivity index (χ4v) is 2.51. The Morgan fingerprint density at radius 3 is 3.00 bits per heavy atom. The third-order valence-corrected chi connectivity index (χ3v) is 3.35.